The van der Waals surface area contributed by atoms with Crippen LogP contribution >= 0.6 is 0 Å². The standard InChI is InChI=1S/C44H44N3O8S.C42H39N5O5.2Na.O3S/c1-26-5-7-28(8-6-26)32-18-35-14-11-30-20-41(40(53-3)23-37(30)43(48)46(35)24-32)55-16-4-15-54-39-21-31-22-42(56(50,51)52)38-19-33(29-9-12-34(45)13-10-29)25-47(38)44(49)36(31)17-27(39)2;1-25-5-7-27(8-6-25)29-16-33-22-45-37-20-40(39(50-3)18-35(37)42(49)47(33)23-29)52-14-4-13-51-38-19-36-34(15-26(38)2)41(48)46-24-30(17-32(46)21-44-36)28-9-11-31(43)12-10-28;;;1-4(2)3/h5-10,12-14,17,20-21,23-25,35,38,42H,4,11,15-16,18-19,22,45H2,1-3H3,(H,50,51,52);5-12,15,18-24,32-33H,4,13-14,16-17,43H2,1-3H3;;;/q-1;;2*+1;/p-1/t35-,38+,42-;32-,33-;;;/m10.../s1. The van der Waals surface area contributed by atoms with E-state index in [1.807, 2.05) is 104 Å². The van der Waals surface area contributed by atoms with E-state index in [9.17, 15) is 32.1 Å². The third-order valence-electron chi connectivity index (χ3n) is 21.2. The van der Waals surface area contributed by atoms with Crippen molar-refractivity contribution in [3.63, 3.8) is 0 Å². The normalized spacial score (nSPS) is 18.6. The van der Waals surface area contributed by atoms with Gasteiger partial charge in [-0.15, -0.1) is 12.6 Å². The molecule has 0 fully saturated rings. The summed E-state index contributed by atoms with van der Waals surface area (Å²) >= 11 is 0. The number of nitrogen functional groups attached to an aromatic ring is 2. The molecule has 0 spiro atoms. The fraction of sp³-hybridized carbons (Fsp3) is 0.267. The molecule has 5 atom stereocenters. The van der Waals surface area contributed by atoms with Gasteiger partial charge < -0.3 is 70.5 Å². The quantitative estimate of drug-likeness (QED) is 0.0266. The van der Waals surface area contributed by atoms with Gasteiger partial charge in [0.1, 0.15) is 11.5 Å². The molecule has 8 heterocycles. The molecule has 16 rings (SSSR count). The number of aryl methyl sites for hydroxylation is 4. The number of rotatable bonds is 19. The van der Waals surface area contributed by atoms with Crippen LogP contribution in [0.5, 0.6) is 34.5 Å². The Labute approximate surface area is 707 Å². The second-order valence-electron chi connectivity index (χ2n) is 28.7. The van der Waals surface area contributed by atoms with E-state index in [1.165, 1.54) is 16.0 Å². The number of hydrogen-bond acceptors (Lipinski definition) is 20. The molecule has 0 bridgehead atoms. The molecule has 8 aromatic carbocycles. The maximum absolute atomic E-state index is 13.9. The molecule has 0 saturated carbocycles. The summed E-state index contributed by atoms with van der Waals surface area (Å²) in [5.74, 6) is 2.48. The summed E-state index contributed by atoms with van der Waals surface area (Å²) in [7, 11) is -4.78. The van der Waals surface area contributed by atoms with Gasteiger partial charge in [-0.05, 0) is 169 Å². The molecular weight excluding hydrogens is 1510 g/mol. The van der Waals surface area contributed by atoms with Crippen molar-refractivity contribution >= 4 is 102 Å². The molecule has 0 radical (unpaired) electrons. The van der Waals surface area contributed by atoms with E-state index >= 15 is 0 Å². The van der Waals surface area contributed by atoms with Crippen LogP contribution in [0.1, 0.15) is 136 Å². The van der Waals surface area contributed by atoms with Crippen LogP contribution in [0.2, 0.25) is 0 Å². The maximum Gasteiger partial charge on any atom is 1.00 e. The zero-order valence-electron chi connectivity index (χ0n) is 64.5. The predicted molar refractivity (Wildman–Crippen MR) is 425 cm³/mol. The Morgan fingerprint density at radius 3 is 1.32 bits per heavy atom. The van der Waals surface area contributed by atoms with Gasteiger partial charge in [0, 0.05) is 97.5 Å². The Morgan fingerprint density at radius 2 is 0.825 bits per heavy atom. The number of carbonyl (C=O) groups is 4. The van der Waals surface area contributed by atoms with E-state index in [0.29, 0.717) is 143 Å². The minimum atomic E-state index is -4.78. The first-order valence-electron chi connectivity index (χ1n) is 36.7. The van der Waals surface area contributed by atoms with Gasteiger partial charge in [0.2, 0.25) is 0 Å². The van der Waals surface area contributed by atoms with Crippen LogP contribution in [0.4, 0.5) is 22.7 Å². The predicted octanol–water partition coefficient (Wildman–Crippen LogP) is 7.17. The second-order valence-corrected chi connectivity index (χ2v) is 30.7. The number of benzene rings is 8. The van der Waals surface area contributed by atoms with Gasteiger partial charge in [0.05, 0.1) is 96.6 Å². The van der Waals surface area contributed by atoms with E-state index in [0.717, 1.165) is 62.1 Å². The number of ether oxygens (including phenoxy) is 6. The monoisotopic (exact) mass is 1590 g/mol. The molecule has 4 amide bonds. The summed E-state index contributed by atoms with van der Waals surface area (Å²) in [6, 6.07) is 44.5. The van der Waals surface area contributed by atoms with Gasteiger partial charge in [-0.1, -0.05) is 95.5 Å². The van der Waals surface area contributed by atoms with E-state index < -0.39 is 32.0 Å². The summed E-state index contributed by atoms with van der Waals surface area (Å²) in [5, 5.41) is -1.34. The van der Waals surface area contributed by atoms with Crippen LogP contribution in [0, 0.1) is 34.1 Å². The number of aliphatic imine (C=N–C) groups is 2. The molecule has 24 nitrogen and oxygen atoms in total. The first-order chi connectivity index (χ1) is 53.9. The van der Waals surface area contributed by atoms with Crippen LogP contribution in [0.15, 0.2) is 180 Å². The van der Waals surface area contributed by atoms with Crippen LogP contribution < -0.4 is 99.0 Å². The SMILES string of the molecule is COc1cc2c(cc1OCCCOc1cc3c(cc1C)C(=O)N1C=C(c4ccc(N)cc4)C[C@H]1C=N3)N=C[C@@H]1CC(c3ccc(C)cc3)=CN1C2=O.COc1cc2c(cc1OCCCOc1cc3c(cc1C)C(=O)N1C=C(c4ccc(N)cc4)C[C@H]1[C@H](S(=O)(=O)[O-])C3)C[CH-][C@@H]1CC(c3ccc(C)cc3)=CN1C2=O.O=S(=O)=O.[Na+].[Na+]. The fourth-order valence-corrected chi connectivity index (χ4v) is 16.2. The van der Waals surface area contributed by atoms with Crippen LogP contribution in [-0.2, 0) is 33.6 Å². The number of fused-ring (bicyclic) bond motifs is 8. The average Bonchev–Trinajstić information content (AvgIpc) is 1.59. The third kappa shape index (κ3) is 18.2. The Bertz CT molecular complexity index is 5520. The molecule has 8 aliphatic heterocycles. The molecule has 8 aliphatic rings. The summed E-state index contributed by atoms with van der Waals surface area (Å²) < 4.78 is 99.2. The van der Waals surface area contributed by atoms with Gasteiger partial charge in [-0.3, -0.25) is 29.2 Å². The topological polar surface area (TPSA) is 322 Å². The van der Waals surface area contributed by atoms with Crippen molar-refractivity contribution in [2.75, 3.05) is 52.1 Å². The first-order valence-corrected chi connectivity index (χ1v) is 39.2. The molecular formula is C86H82N8Na2O16S2. The summed E-state index contributed by atoms with van der Waals surface area (Å²) in [4.78, 5) is 71.2. The van der Waals surface area contributed by atoms with Crippen molar-refractivity contribution in [1.82, 2.24) is 19.6 Å². The van der Waals surface area contributed by atoms with Gasteiger partial charge >= 0.3 is 69.7 Å². The smallest absolute Gasteiger partial charge is 0.748 e. The largest absolute Gasteiger partial charge is 1.00 e. The summed E-state index contributed by atoms with van der Waals surface area (Å²) in [5.41, 5.74) is 29.5. The van der Waals surface area contributed by atoms with Gasteiger partial charge in [0.25, 0.3) is 23.6 Å². The zero-order chi connectivity index (χ0) is 78.8. The Hall–Kier alpha value is -10.1. The zero-order valence-corrected chi connectivity index (χ0v) is 70.1. The number of methoxy groups -OCH3 is 2. The molecule has 0 aromatic heterocycles. The number of nitrogens with two attached hydrogens (primary N) is 2. The Kier molecular flexibility index (Phi) is 26.1. The average molecular weight is 1590 g/mol. The van der Waals surface area contributed by atoms with Crippen molar-refractivity contribution in [1.29, 1.82) is 0 Å². The van der Waals surface area contributed by atoms with E-state index in [1.54, 1.807) is 72.7 Å². The Balaban J connectivity index is 0.000000199. The van der Waals surface area contributed by atoms with Crippen LogP contribution in [0.25, 0.3) is 22.3 Å². The van der Waals surface area contributed by atoms with Gasteiger partial charge in [-0.25, -0.2) is 8.42 Å². The van der Waals surface area contributed by atoms with Crippen LogP contribution in [-0.4, -0.2) is 151 Å². The number of carbonyl (C=O) groups excluding carboxylic acids is 4. The van der Waals surface area contributed by atoms with E-state index in [4.69, 9.17) is 62.5 Å². The minimum Gasteiger partial charge on any atom is -0.748 e. The Morgan fingerprint density at radius 1 is 0.456 bits per heavy atom. The first kappa shape index (κ1) is 83.3. The molecule has 114 heavy (non-hydrogen) atoms. The molecule has 0 unspecified atom stereocenters. The number of amides is 4. The second kappa shape index (κ2) is 35.7. The van der Waals surface area contributed by atoms with Gasteiger partial charge in [-0.2, -0.15) is 6.42 Å². The molecule has 576 valence electrons. The number of hydrogen-bond donors (Lipinski definition) is 2. The number of anilines is 2. The maximum atomic E-state index is 13.9. The van der Waals surface area contributed by atoms with Crippen molar-refractivity contribution < 1.29 is 132 Å². The molecule has 28 heteroatoms. The molecule has 0 aliphatic carbocycles. The van der Waals surface area contributed by atoms with Crippen molar-refractivity contribution in [2.24, 2.45) is 9.98 Å². The van der Waals surface area contributed by atoms with Crippen molar-refractivity contribution in [3.8, 4) is 34.5 Å². The van der Waals surface area contributed by atoms with Crippen molar-refractivity contribution in [2.45, 2.75) is 108 Å². The van der Waals surface area contributed by atoms with Crippen molar-refractivity contribution in [3.05, 3.63) is 255 Å². The summed E-state index contributed by atoms with van der Waals surface area (Å²) in [6.07, 6.45) is 17.3. The minimum absolute atomic E-state index is 0. The van der Waals surface area contributed by atoms with Gasteiger partial charge in [0.15, 0.2) is 23.0 Å². The molecule has 0 saturated heterocycles. The third-order valence-corrected chi connectivity index (χ3v) is 22.4. The van der Waals surface area contributed by atoms with E-state index in [-0.39, 0.29) is 120 Å². The fourth-order valence-electron chi connectivity index (χ4n) is 15.2. The molecule has 4 N–H and O–H groups in total. The molecule has 8 aromatic rings. The summed E-state index contributed by atoms with van der Waals surface area (Å²) in [6.45, 7) is 9.17. The van der Waals surface area contributed by atoms with Crippen LogP contribution in [0.3, 0.4) is 0 Å². The van der Waals surface area contributed by atoms with E-state index in [2.05, 4.69) is 68.8 Å². The number of nitrogens with zero attached hydrogens (tertiary/aromatic N) is 6.